The average Bonchev–Trinajstić information content (AvgIpc) is 3.25. The number of carbonyl (C=O) groups excluding carboxylic acids is 2. The van der Waals surface area contributed by atoms with Gasteiger partial charge in [-0.3, -0.25) is 9.10 Å². The fraction of sp³-hybridized carbons (Fsp3) is 0.333. The molecule has 196 valence electrons. The second-order valence-corrected chi connectivity index (χ2v) is 11.6. The summed E-state index contributed by atoms with van der Waals surface area (Å²) in [7, 11) is -2.58. The number of amides is 1. The number of carbonyl (C=O) groups is 2. The van der Waals surface area contributed by atoms with E-state index in [1.807, 2.05) is 0 Å². The maximum atomic E-state index is 13.7. The molecule has 0 radical (unpaired) electrons. The van der Waals surface area contributed by atoms with Crippen LogP contribution in [0.2, 0.25) is 0 Å². The van der Waals surface area contributed by atoms with Crippen LogP contribution in [0.5, 0.6) is 5.75 Å². The van der Waals surface area contributed by atoms with Crippen molar-refractivity contribution in [2.24, 2.45) is 0 Å². The number of methoxy groups -OCH3 is 1. The lowest BCUT2D eigenvalue weighted by atomic mass is 9.95. The highest BCUT2D eigenvalue weighted by atomic mass is 32.2. The summed E-state index contributed by atoms with van der Waals surface area (Å²) in [5.74, 6) is -0.462. The molecule has 0 aliphatic heterocycles. The van der Waals surface area contributed by atoms with Crippen molar-refractivity contribution in [2.75, 3.05) is 29.9 Å². The quantitative estimate of drug-likeness (QED) is 0.384. The first kappa shape index (κ1) is 26.7. The zero-order chi connectivity index (χ0) is 26.6. The van der Waals surface area contributed by atoms with Crippen LogP contribution in [0.1, 0.15) is 46.1 Å². The van der Waals surface area contributed by atoms with Crippen LogP contribution in [0.15, 0.2) is 53.4 Å². The molecule has 1 heterocycles. The van der Waals surface area contributed by atoms with Gasteiger partial charge in [0.1, 0.15) is 17.3 Å². The zero-order valence-electron chi connectivity index (χ0n) is 21.1. The van der Waals surface area contributed by atoms with E-state index in [2.05, 4.69) is 5.32 Å². The Morgan fingerprint density at radius 1 is 1.08 bits per heavy atom. The monoisotopic (exact) mass is 542 g/mol. The van der Waals surface area contributed by atoms with E-state index in [4.69, 9.17) is 9.47 Å². The van der Waals surface area contributed by atoms with Gasteiger partial charge in [0, 0.05) is 4.88 Å². The molecule has 0 bridgehead atoms. The van der Waals surface area contributed by atoms with Gasteiger partial charge in [-0.05, 0) is 81.0 Å². The highest BCUT2D eigenvalue weighted by Crippen LogP contribution is 2.39. The second kappa shape index (κ2) is 11.4. The molecule has 0 saturated carbocycles. The van der Waals surface area contributed by atoms with E-state index in [0.717, 1.165) is 40.4 Å². The summed E-state index contributed by atoms with van der Waals surface area (Å²) in [6, 6.07) is 13.0. The lowest BCUT2D eigenvalue weighted by Crippen LogP contribution is -2.38. The summed E-state index contributed by atoms with van der Waals surface area (Å²) in [5.41, 5.74) is 2.31. The van der Waals surface area contributed by atoms with Crippen molar-refractivity contribution < 1.29 is 27.5 Å². The molecule has 0 unspecified atom stereocenters. The van der Waals surface area contributed by atoms with Crippen molar-refractivity contribution >= 4 is 43.9 Å². The van der Waals surface area contributed by atoms with Gasteiger partial charge in [0.05, 0.1) is 29.9 Å². The van der Waals surface area contributed by atoms with Gasteiger partial charge in [-0.2, -0.15) is 0 Å². The summed E-state index contributed by atoms with van der Waals surface area (Å²) in [4.78, 5) is 27.2. The number of fused-ring (bicyclic) bond motifs is 1. The van der Waals surface area contributed by atoms with Crippen LogP contribution in [0.4, 0.5) is 10.7 Å². The van der Waals surface area contributed by atoms with Crippen molar-refractivity contribution in [1.82, 2.24) is 0 Å². The Morgan fingerprint density at radius 2 is 1.81 bits per heavy atom. The molecule has 0 spiro atoms. The number of nitrogens with zero attached hydrogens (tertiary/aromatic N) is 1. The van der Waals surface area contributed by atoms with E-state index >= 15 is 0 Å². The number of thiophene rings is 1. The fourth-order valence-corrected chi connectivity index (χ4v) is 7.22. The zero-order valence-corrected chi connectivity index (χ0v) is 22.7. The predicted molar refractivity (Wildman–Crippen MR) is 144 cm³/mol. The maximum absolute atomic E-state index is 13.7. The van der Waals surface area contributed by atoms with E-state index in [1.165, 1.54) is 30.6 Å². The van der Waals surface area contributed by atoms with Gasteiger partial charge in [-0.15, -0.1) is 11.3 Å². The lowest BCUT2D eigenvalue weighted by Gasteiger charge is -2.24. The number of ether oxygens (including phenoxy) is 2. The summed E-state index contributed by atoms with van der Waals surface area (Å²) in [6.45, 7) is 3.24. The third-order valence-corrected chi connectivity index (χ3v) is 9.17. The fourth-order valence-electron chi connectivity index (χ4n) is 4.42. The predicted octanol–water partition coefficient (Wildman–Crippen LogP) is 4.95. The highest BCUT2D eigenvalue weighted by Gasteiger charge is 2.30. The Balaban J connectivity index is 1.67. The normalized spacial score (nSPS) is 12.9. The molecular formula is C27H30N2O6S2. The maximum Gasteiger partial charge on any atom is 0.341 e. The number of para-hydroxylation sites is 1. The Kier molecular flexibility index (Phi) is 8.19. The molecule has 0 saturated heterocycles. The molecule has 1 aromatic heterocycles. The van der Waals surface area contributed by atoms with Crippen molar-refractivity contribution in [2.45, 2.75) is 44.4 Å². The molecule has 1 aliphatic rings. The molecule has 10 heteroatoms. The van der Waals surface area contributed by atoms with E-state index in [0.29, 0.717) is 27.6 Å². The number of aryl methyl sites for hydroxylation is 2. The molecule has 3 aromatic rings. The molecule has 0 atom stereocenters. The van der Waals surface area contributed by atoms with Crippen molar-refractivity contribution in [3.63, 3.8) is 0 Å². The molecule has 2 aromatic carbocycles. The van der Waals surface area contributed by atoms with Gasteiger partial charge in [0.15, 0.2) is 0 Å². The largest absolute Gasteiger partial charge is 0.496 e. The van der Waals surface area contributed by atoms with Crippen LogP contribution in [-0.4, -0.2) is 40.6 Å². The summed E-state index contributed by atoms with van der Waals surface area (Å²) in [5, 5.41) is 3.22. The first-order valence-electron chi connectivity index (χ1n) is 12.1. The van der Waals surface area contributed by atoms with E-state index < -0.39 is 28.4 Å². The van der Waals surface area contributed by atoms with Crippen LogP contribution < -0.4 is 14.4 Å². The van der Waals surface area contributed by atoms with Gasteiger partial charge in [-0.1, -0.05) is 18.2 Å². The first-order valence-corrected chi connectivity index (χ1v) is 14.4. The van der Waals surface area contributed by atoms with Gasteiger partial charge < -0.3 is 14.8 Å². The van der Waals surface area contributed by atoms with E-state index in [-0.39, 0.29) is 11.5 Å². The number of esters is 1. The second-order valence-electron chi connectivity index (χ2n) is 8.66. The SMILES string of the molecule is CCOC(=O)c1c(NC(=O)CN(c2ccccc2)S(=O)(=O)c2ccc(OC)c(C)c2)sc2c1CCCC2. The topological polar surface area (TPSA) is 102 Å². The molecule has 8 nitrogen and oxygen atoms in total. The molecule has 1 aliphatic carbocycles. The molecule has 1 N–H and O–H groups in total. The van der Waals surface area contributed by atoms with Crippen molar-refractivity contribution in [3.8, 4) is 5.75 Å². The van der Waals surface area contributed by atoms with Crippen molar-refractivity contribution in [3.05, 3.63) is 70.1 Å². The lowest BCUT2D eigenvalue weighted by molar-refractivity contribution is -0.114. The van der Waals surface area contributed by atoms with Crippen molar-refractivity contribution in [1.29, 1.82) is 0 Å². The van der Waals surface area contributed by atoms with Crippen LogP contribution >= 0.6 is 11.3 Å². The molecular weight excluding hydrogens is 512 g/mol. The van der Waals surface area contributed by atoms with E-state index in [1.54, 1.807) is 50.2 Å². The van der Waals surface area contributed by atoms with Gasteiger partial charge in [0.2, 0.25) is 5.91 Å². The highest BCUT2D eigenvalue weighted by molar-refractivity contribution is 7.92. The Labute approximate surface area is 221 Å². The number of hydrogen-bond donors (Lipinski definition) is 1. The number of sulfonamides is 1. The number of hydrogen-bond acceptors (Lipinski definition) is 7. The molecule has 37 heavy (non-hydrogen) atoms. The minimum atomic E-state index is -4.10. The summed E-state index contributed by atoms with van der Waals surface area (Å²) in [6.07, 6.45) is 3.57. The Bertz CT molecular complexity index is 1400. The van der Waals surface area contributed by atoms with Gasteiger partial charge in [-0.25, -0.2) is 13.2 Å². The minimum Gasteiger partial charge on any atom is -0.496 e. The summed E-state index contributed by atoms with van der Waals surface area (Å²) < 4.78 is 39.1. The van der Waals surface area contributed by atoms with Crippen LogP contribution in [0.25, 0.3) is 0 Å². The van der Waals surface area contributed by atoms with Crippen LogP contribution in [0, 0.1) is 6.92 Å². The average molecular weight is 543 g/mol. The van der Waals surface area contributed by atoms with Gasteiger partial charge in [0.25, 0.3) is 10.0 Å². The number of benzene rings is 2. The smallest absolute Gasteiger partial charge is 0.341 e. The minimum absolute atomic E-state index is 0.0428. The third-order valence-electron chi connectivity index (χ3n) is 6.19. The molecule has 0 fully saturated rings. The Hall–Kier alpha value is -3.37. The summed E-state index contributed by atoms with van der Waals surface area (Å²) >= 11 is 1.36. The van der Waals surface area contributed by atoms with Crippen LogP contribution in [-0.2, 0) is 32.4 Å². The number of anilines is 2. The first-order chi connectivity index (χ1) is 17.8. The number of rotatable bonds is 9. The van der Waals surface area contributed by atoms with Gasteiger partial charge >= 0.3 is 5.97 Å². The molecule has 4 rings (SSSR count). The van der Waals surface area contributed by atoms with Crippen LogP contribution in [0.3, 0.4) is 0 Å². The van der Waals surface area contributed by atoms with E-state index in [9.17, 15) is 18.0 Å². The number of nitrogens with one attached hydrogen (secondary N) is 1. The standard InChI is InChI=1S/C27H30N2O6S2/c1-4-35-27(31)25-21-12-8-9-13-23(21)36-26(25)28-24(30)17-29(19-10-6-5-7-11-19)37(32,33)20-14-15-22(34-3)18(2)16-20/h5-7,10-11,14-16H,4,8-9,12-13,17H2,1-3H3,(H,28,30). The molecule has 1 amide bonds. The Morgan fingerprint density at radius 3 is 2.49 bits per heavy atom. The third kappa shape index (κ3) is 5.65.